The third kappa shape index (κ3) is 8.26. The monoisotopic (exact) mass is 573 g/mol. The minimum Gasteiger partial charge on any atom is -0.496 e. The Morgan fingerprint density at radius 2 is 1.74 bits per heavy atom. The van der Waals surface area contributed by atoms with Crippen LogP contribution in [0, 0.1) is 0 Å². The molecule has 0 aliphatic carbocycles. The van der Waals surface area contributed by atoms with Crippen molar-refractivity contribution in [2.24, 2.45) is 0 Å². The fraction of sp³-hybridized carbons (Fsp3) is 0.259. The van der Waals surface area contributed by atoms with Crippen LogP contribution in [0.2, 0.25) is 5.02 Å². The van der Waals surface area contributed by atoms with Gasteiger partial charge in [0.1, 0.15) is 11.4 Å². The number of carbonyl (C=O) groups excluding carboxylic acids is 3. The summed E-state index contributed by atoms with van der Waals surface area (Å²) < 4.78 is 37.6. The van der Waals surface area contributed by atoms with Gasteiger partial charge in [0.2, 0.25) is 0 Å². The zero-order valence-electron chi connectivity index (χ0n) is 21.4. The van der Waals surface area contributed by atoms with Crippen LogP contribution in [0.3, 0.4) is 0 Å². The van der Waals surface area contributed by atoms with Gasteiger partial charge in [0.05, 0.1) is 29.7 Å². The van der Waals surface area contributed by atoms with E-state index < -0.39 is 21.9 Å². The number of benzene rings is 2. The van der Waals surface area contributed by atoms with Gasteiger partial charge in [-0.1, -0.05) is 37.1 Å². The summed E-state index contributed by atoms with van der Waals surface area (Å²) in [4.78, 5) is 40.7. The van der Waals surface area contributed by atoms with Gasteiger partial charge in [0, 0.05) is 17.8 Å². The molecule has 39 heavy (non-hydrogen) atoms. The van der Waals surface area contributed by atoms with Crippen LogP contribution in [0.25, 0.3) is 0 Å². The number of amides is 2. The number of hydrogen-bond acceptors (Lipinski definition) is 8. The molecule has 10 nitrogen and oxygen atoms in total. The third-order valence-corrected chi connectivity index (χ3v) is 7.11. The summed E-state index contributed by atoms with van der Waals surface area (Å²) in [5.41, 5.74) is 1.06. The summed E-state index contributed by atoms with van der Waals surface area (Å²) in [5, 5.41) is 3.18. The van der Waals surface area contributed by atoms with E-state index in [-0.39, 0.29) is 35.2 Å². The summed E-state index contributed by atoms with van der Waals surface area (Å²) in [5.74, 6) is -1.47. The molecule has 0 unspecified atom stereocenters. The van der Waals surface area contributed by atoms with E-state index in [4.69, 9.17) is 21.1 Å². The maximum absolute atomic E-state index is 12.7. The van der Waals surface area contributed by atoms with Crippen molar-refractivity contribution in [3.8, 4) is 5.75 Å². The molecule has 1 heterocycles. The second-order valence-electron chi connectivity index (χ2n) is 8.35. The number of methoxy groups -OCH3 is 1. The van der Waals surface area contributed by atoms with Crippen LogP contribution in [-0.2, 0) is 21.2 Å². The molecule has 0 saturated carbocycles. The first-order valence-electron chi connectivity index (χ1n) is 12.1. The highest BCUT2D eigenvalue weighted by Gasteiger charge is 2.20. The molecule has 206 valence electrons. The molecule has 0 radical (unpaired) electrons. The number of rotatable bonds is 12. The number of carbonyl (C=O) groups is 3. The van der Waals surface area contributed by atoms with Gasteiger partial charge in [0.25, 0.3) is 21.8 Å². The normalized spacial score (nSPS) is 10.9. The molecule has 0 atom stereocenters. The van der Waals surface area contributed by atoms with Crippen LogP contribution in [0.15, 0.2) is 65.7 Å². The smallest absolute Gasteiger partial charge is 0.356 e. The average Bonchev–Trinajstić information content (AvgIpc) is 2.93. The second kappa shape index (κ2) is 13.7. The van der Waals surface area contributed by atoms with Crippen LogP contribution in [0.5, 0.6) is 5.75 Å². The molecule has 0 aliphatic heterocycles. The van der Waals surface area contributed by atoms with E-state index in [0.29, 0.717) is 22.8 Å². The Morgan fingerprint density at radius 1 is 1.00 bits per heavy atom. The first kappa shape index (κ1) is 29.6. The van der Waals surface area contributed by atoms with Crippen LogP contribution >= 0.6 is 11.6 Å². The second-order valence-corrected chi connectivity index (χ2v) is 10.5. The Labute approximate surface area is 231 Å². The summed E-state index contributed by atoms with van der Waals surface area (Å²) in [6, 6.07) is 13.2. The molecule has 1 aromatic heterocycles. The first-order chi connectivity index (χ1) is 18.6. The van der Waals surface area contributed by atoms with Gasteiger partial charge in [-0.25, -0.2) is 22.9 Å². The van der Waals surface area contributed by atoms with Crippen molar-refractivity contribution >= 4 is 39.4 Å². The Balaban J connectivity index is 1.55. The number of sulfonamides is 1. The molecule has 0 bridgehead atoms. The van der Waals surface area contributed by atoms with Crippen LogP contribution in [0.4, 0.5) is 0 Å². The van der Waals surface area contributed by atoms with Crippen molar-refractivity contribution in [3.63, 3.8) is 0 Å². The molecule has 2 aromatic carbocycles. The highest BCUT2D eigenvalue weighted by atomic mass is 35.5. The molecule has 2 N–H and O–H groups in total. The Bertz CT molecular complexity index is 1430. The van der Waals surface area contributed by atoms with E-state index in [2.05, 4.69) is 10.3 Å². The number of aromatic nitrogens is 1. The predicted octanol–water partition coefficient (Wildman–Crippen LogP) is 3.79. The Kier molecular flexibility index (Phi) is 10.4. The van der Waals surface area contributed by atoms with E-state index in [1.165, 1.54) is 37.4 Å². The van der Waals surface area contributed by atoms with Crippen LogP contribution in [0.1, 0.15) is 56.5 Å². The third-order valence-electron chi connectivity index (χ3n) is 5.53. The molecule has 3 rings (SSSR count). The number of pyridine rings is 1. The lowest BCUT2D eigenvalue weighted by molar-refractivity contribution is 0.0492. The molecule has 0 spiro atoms. The van der Waals surface area contributed by atoms with Gasteiger partial charge < -0.3 is 14.8 Å². The van der Waals surface area contributed by atoms with E-state index in [0.717, 1.165) is 24.6 Å². The minimum atomic E-state index is -4.16. The molecular weight excluding hydrogens is 546 g/mol. The molecule has 3 aromatic rings. The summed E-state index contributed by atoms with van der Waals surface area (Å²) in [6.45, 7) is 2.52. The zero-order chi connectivity index (χ0) is 28.4. The topological polar surface area (TPSA) is 141 Å². The van der Waals surface area contributed by atoms with Crippen LogP contribution in [-0.4, -0.2) is 51.4 Å². The van der Waals surface area contributed by atoms with Crippen molar-refractivity contribution in [3.05, 3.63) is 88.2 Å². The quantitative estimate of drug-likeness (QED) is 0.246. The van der Waals surface area contributed by atoms with E-state index in [1.807, 2.05) is 11.6 Å². The Morgan fingerprint density at radius 3 is 2.38 bits per heavy atom. The van der Waals surface area contributed by atoms with Crippen molar-refractivity contribution in [1.29, 1.82) is 0 Å². The van der Waals surface area contributed by atoms with Crippen molar-refractivity contribution < 1.29 is 32.3 Å². The van der Waals surface area contributed by atoms with Crippen LogP contribution < -0.4 is 14.8 Å². The summed E-state index contributed by atoms with van der Waals surface area (Å²) >= 11 is 5.97. The largest absolute Gasteiger partial charge is 0.496 e. The van der Waals surface area contributed by atoms with E-state index in [9.17, 15) is 22.8 Å². The number of hydrogen-bond donors (Lipinski definition) is 2. The van der Waals surface area contributed by atoms with E-state index >= 15 is 0 Å². The maximum atomic E-state index is 12.7. The maximum Gasteiger partial charge on any atom is 0.356 e. The average molecular weight is 574 g/mol. The van der Waals surface area contributed by atoms with Gasteiger partial charge in [-0.2, -0.15) is 0 Å². The van der Waals surface area contributed by atoms with Crippen molar-refractivity contribution in [2.75, 3.05) is 20.3 Å². The highest BCUT2D eigenvalue weighted by molar-refractivity contribution is 7.90. The fourth-order valence-electron chi connectivity index (χ4n) is 3.38. The molecular formula is C27H28ClN3O7S. The van der Waals surface area contributed by atoms with Crippen molar-refractivity contribution in [1.82, 2.24) is 15.0 Å². The lowest BCUT2D eigenvalue weighted by Gasteiger charge is -2.10. The number of nitrogens with one attached hydrogen (secondary N) is 2. The molecule has 12 heteroatoms. The molecule has 0 aliphatic rings. The first-order valence-corrected chi connectivity index (χ1v) is 13.9. The summed E-state index contributed by atoms with van der Waals surface area (Å²) in [6.07, 6.45) is 3.13. The number of halogens is 1. The minimum absolute atomic E-state index is 0.0176. The molecule has 2 amide bonds. The van der Waals surface area contributed by atoms with Gasteiger partial charge in [-0.3, -0.25) is 9.59 Å². The van der Waals surface area contributed by atoms with Gasteiger partial charge in [-0.05, 0) is 60.9 Å². The highest BCUT2D eigenvalue weighted by Crippen LogP contribution is 2.22. The number of unbranched alkanes of at least 4 members (excludes halogenated alkanes) is 1. The Hall–Kier alpha value is -3.96. The van der Waals surface area contributed by atoms with Gasteiger partial charge in [-0.15, -0.1) is 0 Å². The lowest BCUT2D eigenvalue weighted by atomic mass is 10.1. The van der Waals surface area contributed by atoms with Crippen molar-refractivity contribution in [2.45, 2.75) is 31.1 Å². The lowest BCUT2D eigenvalue weighted by Crippen LogP contribution is -2.30. The molecule has 0 fully saturated rings. The SMILES string of the molecule is CCCCOC(=O)c1ccc(C(=O)NS(=O)(=O)c2ccc(CCNC(=O)c3cc(Cl)ccc3OC)cc2)cn1. The number of ether oxygens (including phenoxy) is 2. The molecule has 0 saturated heterocycles. The standard InChI is InChI=1S/C27H28ClN3O7S/c1-3-4-15-38-27(34)23-11-7-19(17-30-23)25(32)31-39(35,36)21-9-5-18(6-10-21)13-14-29-26(33)22-16-20(28)8-12-24(22)37-2/h5-12,16-17H,3-4,13-15H2,1-2H3,(H,29,33)(H,31,32). The zero-order valence-corrected chi connectivity index (χ0v) is 23.0. The predicted molar refractivity (Wildman–Crippen MR) is 145 cm³/mol. The van der Waals surface area contributed by atoms with E-state index in [1.54, 1.807) is 24.3 Å². The van der Waals surface area contributed by atoms with Gasteiger partial charge in [0.15, 0.2) is 0 Å². The fourth-order valence-corrected chi connectivity index (χ4v) is 4.53. The number of nitrogens with zero attached hydrogens (tertiary/aromatic N) is 1. The van der Waals surface area contributed by atoms with Gasteiger partial charge >= 0.3 is 5.97 Å². The number of esters is 1. The summed E-state index contributed by atoms with van der Waals surface area (Å²) in [7, 11) is -2.71.